The second-order valence-electron chi connectivity index (χ2n) is 2.80. The molecular weight excluding hydrogens is 182 g/mol. The summed E-state index contributed by atoms with van der Waals surface area (Å²) >= 11 is 0. The summed E-state index contributed by atoms with van der Waals surface area (Å²) in [4.78, 5) is 18.0. The van der Waals surface area contributed by atoms with Crippen molar-refractivity contribution in [3.63, 3.8) is 0 Å². The SMILES string of the molecule is COc1ccnc2[nH]cc(C(N)=O)c12. The van der Waals surface area contributed by atoms with Crippen LogP contribution in [-0.2, 0) is 0 Å². The number of hydrogen-bond donors (Lipinski definition) is 2. The number of carbonyl (C=O) groups is 1. The second-order valence-corrected chi connectivity index (χ2v) is 2.80. The summed E-state index contributed by atoms with van der Waals surface area (Å²) < 4.78 is 5.11. The first-order valence-electron chi connectivity index (χ1n) is 4.04. The molecule has 0 atom stereocenters. The molecule has 0 aliphatic rings. The largest absolute Gasteiger partial charge is 0.496 e. The summed E-state index contributed by atoms with van der Waals surface area (Å²) in [5.41, 5.74) is 6.19. The quantitative estimate of drug-likeness (QED) is 0.732. The van der Waals surface area contributed by atoms with Gasteiger partial charge in [0, 0.05) is 12.4 Å². The van der Waals surface area contributed by atoms with Crippen LogP contribution in [-0.4, -0.2) is 23.0 Å². The molecule has 0 aromatic carbocycles. The van der Waals surface area contributed by atoms with Crippen molar-refractivity contribution < 1.29 is 9.53 Å². The van der Waals surface area contributed by atoms with Gasteiger partial charge in [-0.1, -0.05) is 0 Å². The molecule has 2 aromatic heterocycles. The van der Waals surface area contributed by atoms with E-state index in [9.17, 15) is 4.79 Å². The van der Waals surface area contributed by atoms with E-state index in [0.717, 1.165) is 0 Å². The first-order valence-corrected chi connectivity index (χ1v) is 4.04. The number of carbonyl (C=O) groups excluding carboxylic acids is 1. The van der Waals surface area contributed by atoms with Gasteiger partial charge in [-0.2, -0.15) is 0 Å². The monoisotopic (exact) mass is 191 g/mol. The number of ether oxygens (including phenoxy) is 1. The Bertz CT molecular complexity index is 490. The molecular formula is C9H9N3O2. The highest BCUT2D eigenvalue weighted by atomic mass is 16.5. The van der Waals surface area contributed by atoms with Crippen molar-refractivity contribution in [1.82, 2.24) is 9.97 Å². The summed E-state index contributed by atoms with van der Waals surface area (Å²) in [7, 11) is 1.53. The Hall–Kier alpha value is -2.04. The molecule has 0 aliphatic heterocycles. The van der Waals surface area contributed by atoms with Crippen LogP contribution in [0.1, 0.15) is 10.4 Å². The third-order valence-corrected chi connectivity index (χ3v) is 2.02. The predicted molar refractivity (Wildman–Crippen MR) is 51.2 cm³/mol. The van der Waals surface area contributed by atoms with Gasteiger partial charge < -0.3 is 15.5 Å². The summed E-state index contributed by atoms with van der Waals surface area (Å²) in [6, 6.07) is 1.68. The van der Waals surface area contributed by atoms with Crippen LogP contribution in [0.15, 0.2) is 18.5 Å². The van der Waals surface area contributed by atoms with Crippen molar-refractivity contribution in [2.45, 2.75) is 0 Å². The molecule has 0 unspecified atom stereocenters. The molecule has 72 valence electrons. The lowest BCUT2D eigenvalue weighted by atomic mass is 10.2. The number of primary amides is 1. The van der Waals surface area contributed by atoms with E-state index < -0.39 is 5.91 Å². The van der Waals surface area contributed by atoms with Crippen molar-refractivity contribution >= 4 is 16.9 Å². The molecule has 2 aromatic rings. The van der Waals surface area contributed by atoms with Crippen LogP contribution in [0.2, 0.25) is 0 Å². The van der Waals surface area contributed by atoms with Gasteiger partial charge in [0.05, 0.1) is 18.1 Å². The van der Waals surface area contributed by atoms with E-state index in [1.54, 1.807) is 12.3 Å². The van der Waals surface area contributed by atoms with Gasteiger partial charge in [-0.25, -0.2) is 4.98 Å². The molecule has 2 heterocycles. The lowest BCUT2D eigenvalue weighted by molar-refractivity contribution is 0.100. The van der Waals surface area contributed by atoms with Gasteiger partial charge in [-0.3, -0.25) is 4.79 Å². The zero-order valence-electron chi connectivity index (χ0n) is 7.57. The normalized spacial score (nSPS) is 10.4. The summed E-state index contributed by atoms with van der Waals surface area (Å²) in [6.07, 6.45) is 3.13. The fourth-order valence-electron chi connectivity index (χ4n) is 1.39. The molecule has 2 rings (SSSR count). The van der Waals surface area contributed by atoms with Crippen molar-refractivity contribution in [3.8, 4) is 5.75 Å². The smallest absolute Gasteiger partial charge is 0.251 e. The Balaban J connectivity index is 2.81. The number of aromatic amines is 1. The molecule has 0 saturated carbocycles. The average Bonchev–Trinajstić information content (AvgIpc) is 2.60. The third kappa shape index (κ3) is 1.10. The van der Waals surface area contributed by atoms with E-state index in [-0.39, 0.29) is 0 Å². The number of pyridine rings is 1. The number of amides is 1. The Morgan fingerprint density at radius 3 is 3.07 bits per heavy atom. The van der Waals surface area contributed by atoms with Gasteiger partial charge in [0.25, 0.3) is 5.91 Å². The van der Waals surface area contributed by atoms with E-state index in [1.165, 1.54) is 13.3 Å². The molecule has 0 radical (unpaired) electrons. The maximum Gasteiger partial charge on any atom is 0.251 e. The number of H-pyrrole nitrogens is 1. The molecule has 1 amide bonds. The van der Waals surface area contributed by atoms with Crippen molar-refractivity contribution in [2.24, 2.45) is 5.73 Å². The van der Waals surface area contributed by atoms with Crippen LogP contribution in [0, 0.1) is 0 Å². The maximum absolute atomic E-state index is 11.1. The van der Waals surface area contributed by atoms with E-state index in [0.29, 0.717) is 22.3 Å². The fourth-order valence-corrected chi connectivity index (χ4v) is 1.39. The molecule has 14 heavy (non-hydrogen) atoms. The standard InChI is InChI=1S/C9H9N3O2/c1-14-6-2-3-11-9-7(6)5(4-12-9)8(10)13/h2-4H,1H3,(H2,10,13)(H,11,12). The Morgan fingerprint density at radius 1 is 1.64 bits per heavy atom. The minimum atomic E-state index is -0.498. The molecule has 5 nitrogen and oxygen atoms in total. The molecule has 0 bridgehead atoms. The molecule has 0 saturated heterocycles. The predicted octanol–water partition coefficient (Wildman–Crippen LogP) is 0.670. The van der Waals surface area contributed by atoms with Crippen LogP contribution in [0.3, 0.4) is 0 Å². The minimum absolute atomic E-state index is 0.393. The topological polar surface area (TPSA) is 81.0 Å². The summed E-state index contributed by atoms with van der Waals surface area (Å²) in [5, 5.41) is 0.627. The number of fused-ring (bicyclic) bond motifs is 1. The van der Waals surface area contributed by atoms with Gasteiger partial charge in [0.2, 0.25) is 0 Å². The van der Waals surface area contributed by atoms with Crippen molar-refractivity contribution in [2.75, 3.05) is 7.11 Å². The highest BCUT2D eigenvalue weighted by Crippen LogP contribution is 2.26. The van der Waals surface area contributed by atoms with Crippen LogP contribution in [0.25, 0.3) is 11.0 Å². The van der Waals surface area contributed by atoms with Gasteiger partial charge in [0.1, 0.15) is 11.4 Å². The number of hydrogen-bond acceptors (Lipinski definition) is 3. The van der Waals surface area contributed by atoms with Crippen LogP contribution < -0.4 is 10.5 Å². The highest BCUT2D eigenvalue weighted by molar-refractivity contribution is 6.07. The summed E-state index contributed by atoms with van der Waals surface area (Å²) in [5.74, 6) is 0.0904. The number of methoxy groups -OCH3 is 1. The van der Waals surface area contributed by atoms with Crippen molar-refractivity contribution in [1.29, 1.82) is 0 Å². The minimum Gasteiger partial charge on any atom is -0.496 e. The van der Waals surface area contributed by atoms with E-state index in [4.69, 9.17) is 10.5 Å². The zero-order chi connectivity index (χ0) is 10.1. The third-order valence-electron chi connectivity index (χ3n) is 2.02. The first kappa shape index (κ1) is 8.55. The van der Waals surface area contributed by atoms with Gasteiger partial charge in [-0.15, -0.1) is 0 Å². The van der Waals surface area contributed by atoms with Crippen LogP contribution >= 0.6 is 0 Å². The number of nitrogens with zero attached hydrogens (tertiary/aromatic N) is 1. The number of nitrogens with one attached hydrogen (secondary N) is 1. The Morgan fingerprint density at radius 2 is 2.43 bits per heavy atom. The highest BCUT2D eigenvalue weighted by Gasteiger charge is 2.13. The lowest BCUT2D eigenvalue weighted by Gasteiger charge is -2.01. The van der Waals surface area contributed by atoms with Crippen LogP contribution in [0.4, 0.5) is 0 Å². The van der Waals surface area contributed by atoms with Gasteiger partial charge in [0.15, 0.2) is 0 Å². The van der Waals surface area contributed by atoms with Crippen LogP contribution in [0.5, 0.6) is 5.75 Å². The Labute approximate surface area is 79.9 Å². The molecule has 3 N–H and O–H groups in total. The van der Waals surface area contributed by atoms with Crippen molar-refractivity contribution in [3.05, 3.63) is 24.0 Å². The average molecular weight is 191 g/mol. The number of rotatable bonds is 2. The fraction of sp³-hybridized carbons (Fsp3) is 0.111. The summed E-state index contributed by atoms with van der Waals surface area (Å²) in [6.45, 7) is 0. The van der Waals surface area contributed by atoms with E-state index in [2.05, 4.69) is 9.97 Å². The lowest BCUT2D eigenvalue weighted by Crippen LogP contribution is -2.10. The molecule has 5 heteroatoms. The van der Waals surface area contributed by atoms with Gasteiger partial charge in [-0.05, 0) is 6.07 Å². The first-order chi connectivity index (χ1) is 6.74. The Kier molecular flexibility index (Phi) is 1.85. The second kappa shape index (κ2) is 3.02. The maximum atomic E-state index is 11.1. The molecule has 0 aliphatic carbocycles. The zero-order valence-corrected chi connectivity index (χ0v) is 7.57. The number of nitrogens with two attached hydrogens (primary N) is 1. The van der Waals surface area contributed by atoms with Gasteiger partial charge >= 0.3 is 0 Å². The van der Waals surface area contributed by atoms with E-state index >= 15 is 0 Å². The molecule has 0 fully saturated rings. The number of aromatic nitrogens is 2. The van der Waals surface area contributed by atoms with E-state index in [1.807, 2.05) is 0 Å². The molecule has 0 spiro atoms.